The number of hydrogen-bond acceptors (Lipinski definition) is 5. The Morgan fingerprint density at radius 2 is 2.24 bits per heavy atom. The number of hydroxylamine groups is 2. The van der Waals surface area contributed by atoms with Crippen LogP contribution in [-0.4, -0.2) is 35.5 Å². The van der Waals surface area contributed by atoms with Gasteiger partial charge in [0.25, 0.3) is 0 Å². The fourth-order valence-electron chi connectivity index (χ4n) is 2.09. The maximum absolute atomic E-state index is 13.4. The van der Waals surface area contributed by atoms with Crippen LogP contribution in [0.25, 0.3) is 0 Å². The standard InChI is InChI=1S/C14H19FN2O4/c1-14(2,3)21-13(18)17-11(5-6-20-17)10-7-9(15)8-16-12(10)19-4/h7-8,11H,5-6H2,1-4H3. The van der Waals surface area contributed by atoms with Gasteiger partial charge in [-0.3, -0.25) is 4.84 Å². The number of amides is 1. The lowest BCUT2D eigenvalue weighted by molar-refractivity contribution is -0.125. The number of carbonyl (C=O) groups is 1. The van der Waals surface area contributed by atoms with E-state index in [1.54, 1.807) is 20.8 Å². The summed E-state index contributed by atoms with van der Waals surface area (Å²) in [4.78, 5) is 21.4. The second kappa shape index (κ2) is 5.85. The number of halogens is 1. The fraction of sp³-hybridized carbons (Fsp3) is 0.571. The Hall–Kier alpha value is -1.89. The van der Waals surface area contributed by atoms with Crippen LogP contribution in [0.5, 0.6) is 5.88 Å². The molecule has 0 saturated carbocycles. The zero-order chi connectivity index (χ0) is 15.6. The third kappa shape index (κ3) is 3.60. The summed E-state index contributed by atoms with van der Waals surface area (Å²) in [5.74, 6) is -0.234. The van der Waals surface area contributed by atoms with Crippen LogP contribution in [0.15, 0.2) is 12.3 Å². The number of methoxy groups -OCH3 is 1. The number of carbonyl (C=O) groups excluding carboxylic acids is 1. The molecule has 1 unspecified atom stereocenters. The molecular weight excluding hydrogens is 279 g/mol. The molecule has 0 N–H and O–H groups in total. The van der Waals surface area contributed by atoms with Gasteiger partial charge in [-0.15, -0.1) is 0 Å². The Balaban J connectivity index is 2.26. The van der Waals surface area contributed by atoms with Crippen LogP contribution < -0.4 is 4.74 Å². The molecular formula is C14H19FN2O4. The average molecular weight is 298 g/mol. The van der Waals surface area contributed by atoms with Crippen LogP contribution in [-0.2, 0) is 9.57 Å². The summed E-state index contributed by atoms with van der Waals surface area (Å²) in [6.07, 6.45) is 0.966. The SMILES string of the molecule is COc1ncc(F)cc1C1CCON1C(=O)OC(C)(C)C. The van der Waals surface area contributed by atoms with Crippen molar-refractivity contribution in [2.75, 3.05) is 13.7 Å². The molecule has 0 aliphatic carbocycles. The maximum Gasteiger partial charge on any atom is 0.435 e. The molecule has 1 aliphatic heterocycles. The van der Waals surface area contributed by atoms with Crippen molar-refractivity contribution in [1.82, 2.24) is 10.0 Å². The first-order chi connectivity index (χ1) is 9.81. The van der Waals surface area contributed by atoms with E-state index in [0.29, 0.717) is 18.6 Å². The first-order valence-corrected chi connectivity index (χ1v) is 6.66. The first kappa shape index (κ1) is 15.5. The lowest BCUT2D eigenvalue weighted by Crippen LogP contribution is -2.35. The summed E-state index contributed by atoms with van der Waals surface area (Å²) in [7, 11) is 1.44. The van der Waals surface area contributed by atoms with Crippen molar-refractivity contribution in [3.63, 3.8) is 0 Å². The summed E-state index contributed by atoms with van der Waals surface area (Å²) in [5.41, 5.74) is -0.182. The predicted molar refractivity (Wildman–Crippen MR) is 72.1 cm³/mol. The zero-order valence-electron chi connectivity index (χ0n) is 12.6. The van der Waals surface area contributed by atoms with E-state index in [9.17, 15) is 9.18 Å². The highest BCUT2D eigenvalue weighted by atomic mass is 19.1. The predicted octanol–water partition coefficient (Wildman–Crippen LogP) is 2.84. The van der Waals surface area contributed by atoms with Gasteiger partial charge in [0.05, 0.1) is 26.0 Å². The summed E-state index contributed by atoms with van der Waals surface area (Å²) < 4.78 is 23.9. The normalized spacial score (nSPS) is 18.7. The van der Waals surface area contributed by atoms with Crippen molar-refractivity contribution < 1.29 is 23.5 Å². The molecule has 0 aromatic carbocycles. The quantitative estimate of drug-likeness (QED) is 0.840. The van der Waals surface area contributed by atoms with Crippen molar-refractivity contribution in [3.8, 4) is 5.88 Å². The fourth-order valence-corrected chi connectivity index (χ4v) is 2.09. The highest BCUT2D eigenvalue weighted by Gasteiger charge is 2.37. The van der Waals surface area contributed by atoms with Crippen LogP contribution >= 0.6 is 0 Å². The van der Waals surface area contributed by atoms with E-state index >= 15 is 0 Å². The smallest absolute Gasteiger partial charge is 0.435 e. The Kier molecular flexibility index (Phi) is 4.32. The molecule has 0 radical (unpaired) electrons. The summed E-state index contributed by atoms with van der Waals surface area (Å²) in [6.45, 7) is 5.63. The van der Waals surface area contributed by atoms with Gasteiger partial charge in [0.2, 0.25) is 5.88 Å². The van der Waals surface area contributed by atoms with Crippen LogP contribution in [0, 0.1) is 5.82 Å². The van der Waals surface area contributed by atoms with E-state index in [1.165, 1.54) is 13.2 Å². The molecule has 0 spiro atoms. The molecule has 21 heavy (non-hydrogen) atoms. The summed E-state index contributed by atoms with van der Waals surface area (Å²) in [5, 5.41) is 1.12. The van der Waals surface area contributed by atoms with Gasteiger partial charge in [-0.1, -0.05) is 0 Å². The summed E-state index contributed by atoms with van der Waals surface area (Å²) in [6, 6.07) is 0.806. The maximum atomic E-state index is 13.4. The highest BCUT2D eigenvalue weighted by Crippen LogP contribution is 2.36. The minimum atomic E-state index is -0.641. The van der Waals surface area contributed by atoms with E-state index < -0.39 is 23.6 Å². The number of ether oxygens (including phenoxy) is 2. The zero-order valence-corrected chi connectivity index (χ0v) is 12.6. The Morgan fingerprint density at radius 1 is 1.52 bits per heavy atom. The van der Waals surface area contributed by atoms with Gasteiger partial charge in [-0.05, 0) is 26.8 Å². The van der Waals surface area contributed by atoms with Gasteiger partial charge in [0.15, 0.2) is 0 Å². The van der Waals surface area contributed by atoms with Crippen LogP contribution in [0.4, 0.5) is 9.18 Å². The molecule has 1 aromatic rings. The molecule has 2 rings (SSSR count). The van der Waals surface area contributed by atoms with Crippen LogP contribution in [0.3, 0.4) is 0 Å². The van der Waals surface area contributed by atoms with E-state index in [1.807, 2.05) is 0 Å². The van der Waals surface area contributed by atoms with Gasteiger partial charge in [-0.25, -0.2) is 14.2 Å². The largest absolute Gasteiger partial charge is 0.481 e. The molecule has 1 aliphatic rings. The molecule has 1 aromatic heterocycles. The molecule has 116 valence electrons. The topological polar surface area (TPSA) is 60.9 Å². The molecule has 1 saturated heterocycles. The number of aromatic nitrogens is 1. The second-order valence-corrected chi connectivity index (χ2v) is 5.70. The van der Waals surface area contributed by atoms with Crippen molar-refractivity contribution in [3.05, 3.63) is 23.6 Å². The highest BCUT2D eigenvalue weighted by molar-refractivity contribution is 5.68. The van der Waals surface area contributed by atoms with Crippen molar-refractivity contribution in [1.29, 1.82) is 0 Å². The lowest BCUT2D eigenvalue weighted by atomic mass is 10.1. The molecule has 7 heteroatoms. The molecule has 6 nitrogen and oxygen atoms in total. The van der Waals surface area contributed by atoms with Crippen LogP contribution in [0.2, 0.25) is 0 Å². The molecule has 1 atom stereocenters. The van der Waals surface area contributed by atoms with E-state index in [0.717, 1.165) is 11.3 Å². The number of rotatable bonds is 2. The van der Waals surface area contributed by atoms with Gasteiger partial charge in [0, 0.05) is 12.0 Å². The van der Waals surface area contributed by atoms with Crippen molar-refractivity contribution >= 4 is 6.09 Å². The monoisotopic (exact) mass is 298 g/mol. The molecule has 2 heterocycles. The van der Waals surface area contributed by atoms with Crippen molar-refractivity contribution in [2.45, 2.75) is 38.8 Å². The minimum Gasteiger partial charge on any atom is -0.481 e. The Labute approximate surface area is 122 Å². The molecule has 1 fully saturated rings. The lowest BCUT2D eigenvalue weighted by Gasteiger charge is -2.27. The third-order valence-electron chi connectivity index (χ3n) is 2.88. The Bertz CT molecular complexity index is 530. The number of pyridine rings is 1. The van der Waals surface area contributed by atoms with Gasteiger partial charge in [-0.2, -0.15) is 5.06 Å². The van der Waals surface area contributed by atoms with E-state index in [4.69, 9.17) is 14.3 Å². The minimum absolute atomic E-state index is 0.264. The molecule has 0 bridgehead atoms. The number of hydrogen-bond donors (Lipinski definition) is 0. The first-order valence-electron chi connectivity index (χ1n) is 6.66. The van der Waals surface area contributed by atoms with Gasteiger partial charge >= 0.3 is 6.09 Å². The van der Waals surface area contributed by atoms with Crippen molar-refractivity contribution in [2.24, 2.45) is 0 Å². The van der Waals surface area contributed by atoms with Gasteiger partial charge < -0.3 is 9.47 Å². The van der Waals surface area contributed by atoms with E-state index in [-0.39, 0.29) is 5.88 Å². The Morgan fingerprint density at radius 3 is 2.86 bits per heavy atom. The summed E-state index contributed by atoms with van der Waals surface area (Å²) >= 11 is 0. The average Bonchev–Trinajstić information content (AvgIpc) is 2.85. The third-order valence-corrected chi connectivity index (χ3v) is 2.88. The van der Waals surface area contributed by atoms with Crippen LogP contribution in [0.1, 0.15) is 38.8 Å². The molecule has 1 amide bonds. The van der Waals surface area contributed by atoms with E-state index in [2.05, 4.69) is 4.98 Å². The van der Waals surface area contributed by atoms with Gasteiger partial charge in [0.1, 0.15) is 11.4 Å². The number of nitrogens with zero attached hydrogens (tertiary/aromatic N) is 2. The second-order valence-electron chi connectivity index (χ2n) is 5.70.